The molecule has 0 aliphatic rings. The van der Waals surface area contributed by atoms with Gasteiger partial charge in [-0.1, -0.05) is 0 Å². The van der Waals surface area contributed by atoms with E-state index >= 15 is 0 Å². The van der Waals surface area contributed by atoms with Crippen LogP contribution in [-0.4, -0.2) is 52.6 Å². The summed E-state index contributed by atoms with van der Waals surface area (Å²) in [5.74, 6) is 4.20. The second-order valence-corrected chi connectivity index (χ2v) is 12.6. The third kappa shape index (κ3) is 8.32. The molecule has 0 unspecified atom stereocenters. The first-order chi connectivity index (χ1) is 27.9. The first-order valence-electron chi connectivity index (χ1n) is 18.1. The molecule has 0 aliphatic carbocycles. The molecule has 11 nitrogen and oxygen atoms in total. The molecule has 0 fully saturated rings. The van der Waals surface area contributed by atoms with E-state index in [9.17, 15) is 0 Å². The second-order valence-electron chi connectivity index (χ2n) is 12.6. The molecule has 288 valence electrons. The van der Waals surface area contributed by atoms with Crippen molar-refractivity contribution < 1.29 is 28.4 Å². The molecule has 1 heterocycles. The molecule has 1 aromatic heterocycles. The lowest BCUT2D eigenvalue weighted by atomic mass is 10.1. The average Bonchev–Trinajstić information content (AvgIpc) is 3.28. The Bertz CT molecular complexity index is 2100. The maximum atomic E-state index is 5.58. The van der Waals surface area contributed by atoms with E-state index in [2.05, 4.69) is 34.1 Å². The number of aromatic nitrogens is 2. The number of nitrogens with zero attached hydrogens (tertiary/aromatic N) is 5. The fourth-order valence-electron chi connectivity index (χ4n) is 6.40. The van der Waals surface area contributed by atoms with Crippen LogP contribution in [0, 0.1) is 0 Å². The summed E-state index contributed by atoms with van der Waals surface area (Å²) in [5, 5.41) is 0. The van der Waals surface area contributed by atoms with Crippen LogP contribution in [0.5, 0.6) is 34.8 Å². The van der Waals surface area contributed by atoms with Crippen LogP contribution in [0.1, 0.15) is 0 Å². The molecule has 0 amide bonds. The van der Waals surface area contributed by atoms with Crippen LogP contribution in [0.4, 0.5) is 51.4 Å². The van der Waals surface area contributed by atoms with E-state index < -0.39 is 0 Å². The van der Waals surface area contributed by atoms with Crippen molar-refractivity contribution in [3.8, 4) is 34.8 Å². The minimum atomic E-state index is 0.366. The topological polar surface area (TPSA) is 90.9 Å². The third-order valence-corrected chi connectivity index (χ3v) is 9.34. The van der Waals surface area contributed by atoms with Crippen LogP contribution >= 0.6 is 0 Å². The molecular formula is C46H43N5O6. The van der Waals surface area contributed by atoms with Gasteiger partial charge in [0.25, 0.3) is 0 Å². The van der Waals surface area contributed by atoms with Gasteiger partial charge in [-0.25, -0.2) is 0 Å². The van der Waals surface area contributed by atoms with Gasteiger partial charge >= 0.3 is 0 Å². The van der Waals surface area contributed by atoms with Crippen molar-refractivity contribution >= 4 is 51.4 Å². The highest BCUT2D eigenvalue weighted by Crippen LogP contribution is 2.42. The molecule has 7 rings (SSSR count). The highest BCUT2D eigenvalue weighted by Gasteiger charge is 2.21. The van der Waals surface area contributed by atoms with Gasteiger partial charge in [0.1, 0.15) is 23.0 Å². The lowest BCUT2D eigenvalue weighted by molar-refractivity contribution is 0.372. The SMILES string of the molecule is COc1ccc(N(c2ccc(OC)cc2)c2ccc(N(c3ccc(N(c4ccc(OC)cc4)c4ccc(OC)cc4)cc3)c3nc(OC)cc(OC)n3)cc2)cc1. The number of rotatable bonds is 15. The van der Waals surface area contributed by atoms with Gasteiger partial charge in [0.2, 0.25) is 17.7 Å². The van der Waals surface area contributed by atoms with Gasteiger partial charge in [-0.15, -0.1) is 0 Å². The Morgan fingerprint density at radius 1 is 0.281 bits per heavy atom. The molecule has 0 atom stereocenters. The van der Waals surface area contributed by atoms with E-state index in [4.69, 9.17) is 38.4 Å². The van der Waals surface area contributed by atoms with E-state index in [0.29, 0.717) is 17.7 Å². The van der Waals surface area contributed by atoms with Crippen molar-refractivity contribution in [2.75, 3.05) is 57.4 Å². The predicted octanol–water partition coefficient (Wildman–Crippen LogP) is 10.9. The van der Waals surface area contributed by atoms with Crippen LogP contribution in [0.15, 0.2) is 152 Å². The van der Waals surface area contributed by atoms with Gasteiger partial charge in [-0.05, 0) is 146 Å². The van der Waals surface area contributed by atoms with Crippen molar-refractivity contribution in [2.45, 2.75) is 0 Å². The molecule has 0 N–H and O–H groups in total. The number of ether oxygens (including phenoxy) is 6. The largest absolute Gasteiger partial charge is 0.497 e. The van der Waals surface area contributed by atoms with Crippen LogP contribution in [0.25, 0.3) is 0 Å². The molecule has 0 saturated heterocycles. The minimum Gasteiger partial charge on any atom is -0.497 e. The fourth-order valence-corrected chi connectivity index (χ4v) is 6.40. The first kappa shape index (κ1) is 37.9. The van der Waals surface area contributed by atoms with E-state index in [1.807, 2.05) is 126 Å². The zero-order valence-electron chi connectivity index (χ0n) is 32.6. The predicted molar refractivity (Wildman–Crippen MR) is 225 cm³/mol. The lowest BCUT2D eigenvalue weighted by Crippen LogP contribution is -2.15. The van der Waals surface area contributed by atoms with Crippen molar-refractivity contribution in [2.24, 2.45) is 0 Å². The van der Waals surface area contributed by atoms with Gasteiger partial charge in [-0.3, -0.25) is 4.90 Å². The standard InChI is InChI=1S/C46H43N5O6/c1-52-40-23-15-34(16-24-40)49(35-17-25-41(53-2)26-18-35)32-7-11-38(12-8-32)51(46-47-44(56-5)31-45(48-46)57-6)39-13-9-33(10-14-39)50(36-19-27-42(54-3)28-20-36)37-21-29-43(55-4)30-22-37/h7-31H,1-6H3. The lowest BCUT2D eigenvalue weighted by Gasteiger charge is -2.29. The van der Waals surface area contributed by atoms with Gasteiger partial charge in [0, 0.05) is 45.5 Å². The maximum absolute atomic E-state index is 5.58. The molecule has 7 aromatic rings. The summed E-state index contributed by atoms with van der Waals surface area (Å²) in [6.07, 6.45) is 0. The second kappa shape index (κ2) is 17.4. The van der Waals surface area contributed by atoms with E-state index in [0.717, 1.165) is 68.5 Å². The Kier molecular flexibility index (Phi) is 11.6. The van der Waals surface area contributed by atoms with Gasteiger partial charge in [0.05, 0.1) is 48.7 Å². The summed E-state index contributed by atoms with van der Waals surface area (Å²) < 4.78 is 33.0. The zero-order valence-corrected chi connectivity index (χ0v) is 32.6. The van der Waals surface area contributed by atoms with Crippen LogP contribution in [0.2, 0.25) is 0 Å². The van der Waals surface area contributed by atoms with Crippen LogP contribution < -0.4 is 43.1 Å². The van der Waals surface area contributed by atoms with Crippen molar-refractivity contribution in [3.05, 3.63) is 152 Å². The zero-order chi connectivity index (χ0) is 39.7. The van der Waals surface area contributed by atoms with Gasteiger partial charge in [-0.2, -0.15) is 9.97 Å². The molecule has 57 heavy (non-hydrogen) atoms. The first-order valence-corrected chi connectivity index (χ1v) is 18.1. The molecule has 0 saturated carbocycles. The van der Waals surface area contributed by atoms with Crippen molar-refractivity contribution in [3.63, 3.8) is 0 Å². The molecule has 0 spiro atoms. The Balaban J connectivity index is 1.31. The van der Waals surface area contributed by atoms with Crippen molar-refractivity contribution in [1.82, 2.24) is 9.97 Å². The number of anilines is 9. The summed E-state index contributed by atoms with van der Waals surface area (Å²) >= 11 is 0. The summed E-state index contributed by atoms with van der Waals surface area (Å²) in [6, 6.07) is 49.9. The highest BCUT2D eigenvalue weighted by atomic mass is 16.5. The minimum absolute atomic E-state index is 0.366. The number of benzene rings is 6. The average molecular weight is 762 g/mol. The Hall–Kier alpha value is -7.40. The van der Waals surface area contributed by atoms with E-state index in [1.54, 1.807) is 48.7 Å². The Labute approximate surface area is 332 Å². The summed E-state index contributed by atoms with van der Waals surface area (Å²) in [4.78, 5) is 15.8. The quantitative estimate of drug-likeness (QED) is 0.1000. The number of hydrogen-bond donors (Lipinski definition) is 0. The Morgan fingerprint density at radius 3 is 0.702 bits per heavy atom. The normalized spacial score (nSPS) is 10.6. The Morgan fingerprint density at radius 2 is 0.491 bits per heavy atom. The van der Waals surface area contributed by atoms with Crippen molar-refractivity contribution in [1.29, 1.82) is 0 Å². The monoisotopic (exact) mass is 761 g/mol. The number of methoxy groups -OCH3 is 6. The highest BCUT2D eigenvalue weighted by molar-refractivity contribution is 5.82. The van der Waals surface area contributed by atoms with E-state index in [1.165, 1.54) is 0 Å². The summed E-state index contributed by atoms with van der Waals surface area (Å²) in [7, 11) is 9.78. The number of hydrogen-bond acceptors (Lipinski definition) is 11. The summed E-state index contributed by atoms with van der Waals surface area (Å²) in [5.41, 5.74) is 7.33. The third-order valence-electron chi connectivity index (χ3n) is 9.34. The molecule has 0 aliphatic heterocycles. The smallest absolute Gasteiger partial charge is 0.241 e. The molecule has 0 radical (unpaired) electrons. The molecule has 6 aromatic carbocycles. The van der Waals surface area contributed by atoms with Crippen LogP contribution in [-0.2, 0) is 0 Å². The van der Waals surface area contributed by atoms with Crippen LogP contribution in [0.3, 0.4) is 0 Å². The van der Waals surface area contributed by atoms with Gasteiger partial charge in [0.15, 0.2) is 0 Å². The van der Waals surface area contributed by atoms with E-state index in [-0.39, 0.29) is 0 Å². The molecule has 11 heteroatoms. The molecule has 0 bridgehead atoms. The molecular weight excluding hydrogens is 719 g/mol. The summed E-state index contributed by atoms with van der Waals surface area (Å²) in [6.45, 7) is 0. The maximum Gasteiger partial charge on any atom is 0.241 e. The van der Waals surface area contributed by atoms with Gasteiger partial charge < -0.3 is 38.2 Å². The fraction of sp³-hybridized carbons (Fsp3) is 0.130.